The normalized spacial score (nSPS) is 12.8. The topological polar surface area (TPSA) is 148 Å². The van der Waals surface area contributed by atoms with Crippen molar-refractivity contribution in [3.8, 4) is 0 Å². The van der Waals surface area contributed by atoms with Gasteiger partial charge in [-0.15, -0.1) is 0 Å². The average molecular weight is 530 g/mol. The minimum Gasteiger partial charge on any atom is -0.481 e. The summed E-state index contributed by atoms with van der Waals surface area (Å²) in [7, 11) is 1.55. The largest absolute Gasteiger partial charge is 0.481 e. The third-order valence-electron chi connectivity index (χ3n) is 6.06. The molecule has 4 rings (SSSR count). The van der Waals surface area contributed by atoms with Crippen molar-refractivity contribution in [1.82, 2.24) is 4.90 Å². The summed E-state index contributed by atoms with van der Waals surface area (Å²) in [5, 5.41) is 17.2. The zero-order valence-electron chi connectivity index (χ0n) is 21.1. The average Bonchev–Trinajstić information content (AvgIpc) is 2.99. The smallest absolute Gasteiger partial charge is 0.323 e. The molecular weight excluding hydrogens is 502 g/mol. The Morgan fingerprint density at radius 3 is 2.10 bits per heavy atom. The number of carboxylic acids is 1. The molecule has 0 aromatic heterocycles. The first-order chi connectivity index (χ1) is 18.7. The molecule has 39 heavy (non-hydrogen) atoms. The van der Waals surface area contributed by atoms with Crippen LogP contribution in [0.5, 0.6) is 0 Å². The molecule has 3 aromatic carbocycles. The van der Waals surface area contributed by atoms with E-state index in [-0.39, 0.29) is 43.3 Å². The van der Waals surface area contributed by atoms with Gasteiger partial charge in [0.2, 0.25) is 11.8 Å². The Morgan fingerprint density at radius 2 is 1.46 bits per heavy atom. The van der Waals surface area contributed by atoms with E-state index >= 15 is 0 Å². The standard InChI is InChI=1S/C28H27N5O6/c1-32-23-12-7-18(15-22(23)27(38)33(17-25(32)35)14-13-26(36)37)16-24(34)29-20-8-10-21(11-9-20)31-28(39)30-19-5-3-2-4-6-19/h2-12,15H,13-14,16-17H2,1H3,(H,29,34)(H,36,37)(H2,30,31,39). The zero-order chi connectivity index (χ0) is 27.9. The van der Waals surface area contributed by atoms with Crippen molar-refractivity contribution >= 4 is 52.5 Å². The Labute approximate surface area is 224 Å². The lowest BCUT2D eigenvalue weighted by Gasteiger charge is -2.19. The minimum atomic E-state index is -1.07. The highest BCUT2D eigenvalue weighted by Gasteiger charge is 2.30. The molecule has 4 N–H and O–H groups in total. The van der Waals surface area contributed by atoms with Gasteiger partial charge < -0.3 is 30.9 Å². The number of fused-ring (bicyclic) bond motifs is 1. The van der Waals surface area contributed by atoms with E-state index in [1.54, 1.807) is 61.6 Å². The second-order valence-electron chi connectivity index (χ2n) is 8.92. The summed E-state index contributed by atoms with van der Waals surface area (Å²) in [6.07, 6.45) is -0.320. The maximum Gasteiger partial charge on any atom is 0.323 e. The molecule has 1 aliphatic rings. The van der Waals surface area contributed by atoms with E-state index in [0.717, 1.165) is 0 Å². The highest BCUT2D eigenvalue weighted by molar-refractivity contribution is 6.09. The van der Waals surface area contributed by atoms with Crippen LogP contribution in [-0.2, 0) is 20.8 Å². The number of rotatable bonds is 8. The predicted octanol–water partition coefficient (Wildman–Crippen LogP) is 3.41. The molecule has 0 aliphatic carbocycles. The molecule has 0 fully saturated rings. The van der Waals surface area contributed by atoms with Crippen LogP contribution in [0.1, 0.15) is 22.3 Å². The molecule has 5 amide bonds. The van der Waals surface area contributed by atoms with Crippen LogP contribution in [-0.4, -0.2) is 59.9 Å². The molecule has 0 spiro atoms. The number of nitrogens with zero attached hydrogens (tertiary/aromatic N) is 2. The molecule has 0 bridgehead atoms. The molecule has 0 radical (unpaired) electrons. The minimum absolute atomic E-state index is 0.0349. The zero-order valence-corrected chi connectivity index (χ0v) is 21.1. The fraction of sp³-hybridized carbons (Fsp3) is 0.179. The molecule has 0 saturated carbocycles. The molecule has 200 valence electrons. The Hall–Kier alpha value is -5.19. The number of carbonyl (C=O) groups is 5. The maximum atomic E-state index is 13.1. The van der Waals surface area contributed by atoms with Crippen molar-refractivity contribution in [3.63, 3.8) is 0 Å². The van der Waals surface area contributed by atoms with Crippen LogP contribution in [0.15, 0.2) is 72.8 Å². The van der Waals surface area contributed by atoms with Crippen LogP contribution in [0.2, 0.25) is 0 Å². The molecule has 0 saturated heterocycles. The van der Waals surface area contributed by atoms with Crippen LogP contribution >= 0.6 is 0 Å². The summed E-state index contributed by atoms with van der Waals surface area (Å²) in [6.45, 7) is -0.331. The first-order valence-electron chi connectivity index (χ1n) is 12.1. The molecule has 1 aliphatic heterocycles. The SMILES string of the molecule is CN1C(=O)CN(CCC(=O)O)C(=O)c2cc(CC(=O)Nc3ccc(NC(=O)Nc4ccccc4)cc3)ccc21. The molecule has 0 unspecified atom stereocenters. The van der Waals surface area contributed by atoms with Gasteiger partial charge in [-0.2, -0.15) is 0 Å². The number of amides is 5. The molecule has 0 atom stereocenters. The summed E-state index contributed by atoms with van der Waals surface area (Å²) in [4.78, 5) is 64.0. The van der Waals surface area contributed by atoms with Gasteiger partial charge in [0.05, 0.1) is 24.1 Å². The van der Waals surface area contributed by atoms with Gasteiger partial charge in [-0.05, 0) is 54.1 Å². The van der Waals surface area contributed by atoms with Crippen molar-refractivity contribution in [2.24, 2.45) is 0 Å². The van der Waals surface area contributed by atoms with Gasteiger partial charge in [-0.1, -0.05) is 24.3 Å². The van der Waals surface area contributed by atoms with Gasteiger partial charge in [0, 0.05) is 30.7 Å². The van der Waals surface area contributed by atoms with Crippen molar-refractivity contribution in [1.29, 1.82) is 0 Å². The summed E-state index contributed by atoms with van der Waals surface area (Å²) < 4.78 is 0. The van der Waals surface area contributed by atoms with Gasteiger partial charge in [-0.25, -0.2) is 4.79 Å². The second-order valence-corrected chi connectivity index (χ2v) is 8.92. The first-order valence-corrected chi connectivity index (χ1v) is 12.1. The van der Waals surface area contributed by atoms with Crippen LogP contribution in [0, 0.1) is 0 Å². The van der Waals surface area contributed by atoms with Crippen LogP contribution in [0.3, 0.4) is 0 Å². The summed E-state index contributed by atoms with van der Waals surface area (Å²) in [5.41, 5.74) is 2.89. The Morgan fingerprint density at radius 1 is 0.846 bits per heavy atom. The van der Waals surface area contributed by atoms with E-state index in [2.05, 4.69) is 16.0 Å². The van der Waals surface area contributed by atoms with Gasteiger partial charge in [0.1, 0.15) is 6.54 Å². The second kappa shape index (κ2) is 11.9. The highest BCUT2D eigenvalue weighted by atomic mass is 16.4. The van der Waals surface area contributed by atoms with Gasteiger partial charge in [-0.3, -0.25) is 19.2 Å². The van der Waals surface area contributed by atoms with Crippen molar-refractivity contribution < 1.29 is 29.1 Å². The predicted molar refractivity (Wildman–Crippen MR) is 146 cm³/mol. The summed E-state index contributed by atoms with van der Waals surface area (Å²) >= 11 is 0. The number of aliphatic carboxylic acids is 1. The third kappa shape index (κ3) is 6.98. The van der Waals surface area contributed by atoms with E-state index in [1.165, 1.54) is 9.80 Å². The lowest BCUT2D eigenvalue weighted by Crippen LogP contribution is -2.38. The number of para-hydroxylation sites is 1. The number of hydrogen-bond donors (Lipinski definition) is 4. The van der Waals surface area contributed by atoms with Gasteiger partial charge >= 0.3 is 12.0 Å². The number of carbonyl (C=O) groups excluding carboxylic acids is 4. The quantitative estimate of drug-likeness (QED) is 0.352. The van der Waals surface area contributed by atoms with Crippen molar-refractivity contribution in [2.45, 2.75) is 12.8 Å². The van der Waals surface area contributed by atoms with Crippen LogP contribution in [0.25, 0.3) is 0 Å². The molecule has 3 aromatic rings. The van der Waals surface area contributed by atoms with Crippen LogP contribution < -0.4 is 20.9 Å². The first kappa shape index (κ1) is 26.9. The number of hydrogen-bond acceptors (Lipinski definition) is 5. The number of nitrogens with one attached hydrogen (secondary N) is 3. The third-order valence-corrected chi connectivity index (χ3v) is 6.06. The summed E-state index contributed by atoms with van der Waals surface area (Å²) in [5.74, 6) is -2.21. The van der Waals surface area contributed by atoms with Gasteiger partial charge in [0.15, 0.2) is 0 Å². The number of urea groups is 1. The number of carboxylic acid groups (broad SMARTS) is 1. The number of anilines is 4. The molecule has 11 heteroatoms. The Kier molecular flexibility index (Phi) is 8.20. The molecular formula is C28H27N5O6. The number of benzene rings is 3. The highest BCUT2D eigenvalue weighted by Crippen LogP contribution is 2.26. The molecule has 1 heterocycles. The number of likely N-dealkylation sites (N-methyl/N-ethyl adjacent to an activating group) is 1. The fourth-order valence-corrected chi connectivity index (χ4v) is 4.06. The summed E-state index contributed by atoms with van der Waals surface area (Å²) in [6, 6.07) is 20.0. The monoisotopic (exact) mass is 529 g/mol. The van der Waals surface area contributed by atoms with E-state index < -0.39 is 17.9 Å². The van der Waals surface area contributed by atoms with E-state index in [1.807, 2.05) is 18.2 Å². The van der Waals surface area contributed by atoms with Crippen molar-refractivity contribution in [2.75, 3.05) is 41.0 Å². The Balaban J connectivity index is 1.38. The molecule has 11 nitrogen and oxygen atoms in total. The van der Waals surface area contributed by atoms with E-state index in [4.69, 9.17) is 5.11 Å². The van der Waals surface area contributed by atoms with E-state index in [0.29, 0.717) is 28.3 Å². The fourth-order valence-electron chi connectivity index (χ4n) is 4.06. The van der Waals surface area contributed by atoms with Gasteiger partial charge in [0.25, 0.3) is 5.91 Å². The lowest BCUT2D eigenvalue weighted by molar-refractivity contribution is -0.137. The van der Waals surface area contributed by atoms with Crippen molar-refractivity contribution in [3.05, 3.63) is 83.9 Å². The van der Waals surface area contributed by atoms with Crippen LogP contribution in [0.4, 0.5) is 27.5 Å². The maximum absolute atomic E-state index is 13.1. The van der Waals surface area contributed by atoms with E-state index in [9.17, 15) is 24.0 Å². The lowest BCUT2D eigenvalue weighted by atomic mass is 10.0. The Bertz CT molecular complexity index is 1410.